The molecule has 0 aliphatic rings. The first kappa shape index (κ1) is 11.1. The topological polar surface area (TPSA) is 29.5 Å². The summed E-state index contributed by atoms with van der Waals surface area (Å²) in [7, 11) is 1.56. The Morgan fingerprint density at radius 2 is 1.86 bits per heavy atom. The van der Waals surface area contributed by atoms with Gasteiger partial charge in [-0.15, -0.1) is 0 Å². The molecule has 0 bridgehead atoms. The van der Waals surface area contributed by atoms with E-state index in [1.807, 2.05) is 0 Å². The molecule has 0 spiro atoms. The number of alkyl halides is 2. The second kappa shape index (κ2) is 5.02. The molecule has 1 aromatic rings. The summed E-state index contributed by atoms with van der Waals surface area (Å²) in [5.74, 6) is 0. The number of hydrogen-bond acceptors (Lipinski definition) is 2. The standard InChI is InChI=1S/C10H12F2O2/c1-14-6-7-2-4-8(5-3-7)9(13)10(11)12/h2-5,9-10,13H,6H2,1H3. The van der Waals surface area contributed by atoms with Gasteiger partial charge in [-0.3, -0.25) is 0 Å². The number of aliphatic hydroxyl groups is 1. The zero-order chi connectivity index (χ0) is 10.6. The Morgan fingerprint density at radius 1 is 1.29 bits per heavy atom. The van der Waals surface area contributed by atoms with Crippen molar-refractivity contribution in [1.29, 1.82) is 0 Å². The van der Waals surface area contributed by atoms with Gasteiger partial charge in [0.2, 0.25) is 0 Å². The average molecular weight is 202 g/mol. The smallest absolute Gasteiger partial charge is 0.268 e. The van der Waals surface area contributed by atoms with Crippen LogP contribution in [0.15, 0.2) is 24.3 Å². The van der Waals surface area contributed by atoms with E-state index >= 15 is 0 Å². The number of benzene rings is 1. The summed E-state index contributed by atoms with van der Waals surface area (Å²) in [5.41, 5.74) is 1.11. The van der Waals surface area contributed by atoms with Crippen LogP contribution in [-0.4, -0.2) is 18.6 Å². The zero-order valence-electron chi connectivity index (χ0n) is 7.78. The van der Waals surface area contributed by atoms with Crippen molar-refractivity contribution in [3.05, 3.63) is 35.4 Å². The van der Waals surface area contributed by atoms with E-state index in [1.54, 1.807) is 19.2 Å². The lowest BCUT2D eigenvalue weighted by Gasteiger charge is -2.09. The molecule has 1 N–H and O–H groups in total. The molecule has 0 fully saturated rings. The van der Waals surface area contributed by atoms with Gasteiger partial charge < -0.3 is 9.84 Å². The maximum absolute atomic E-state index is 12.1. The summed E-state index contributed by atoms with van der Waals surface area (Å²) in [6.07, 6.45) is -4.45. The third-order valence-corrected chi connectivity index (χ3v) is 1.87. The Balaban J connectivity index is 2.72. The fourth-order valence-corrected chi connectivity index (χ4v) is 1.12. The summed E-state index contributed by atoms with van der Waals surface area (Å²) in [5, 5.41) is 9.04. The number of ether oxygens (including phenoxy) is 1. The van der Waals surface area contributed by atoms with Crippen LogP contribution in [0.5, 0.6) is 0 Å². The van der Waals surface area contributed by atoms with Gasteiger partial charge in [-0.25, -0.2) is 8.78 Å². The first-order chi connectivity index (χ1) is 6.65. The summed E-state index contributed by atoms with van der Waals surface area (Å²) in [4.78, 5) is 0. The van der Waals surface area contributed by atoms with Crippen LogP contribution in [0.25, 0.3) is 0 Å². The average Bonchev–Trinajstić information content (AvgIpc) is 2.18. The van der Waals surface area contributed by atoms with Gasteiger partial charge in [-0.2, -0.15) is 0 Å². The first-order valence-electron chi connectivity index (χ1n) is 4.19. The van der Waals surface area contributed by atoms with E-state index < -0.39 is 12.5 Å². The molecule has 0 aliphatic heterocycles. The minimum Gasteiger partial charge on any atom is -0.382 e. The Labute approximate surface area is 81.1 Å². The van der Waals surface area contributed by atoms with Crippen LogP contribution in [0.3, 0.4) is 0 Å². The van der Waals surface area contributed by atoms with Crippen LogP contribution < -0.4 is 0 Å². The molecule has 0 aliphatic carbocycles. The Hall–Kier alpha value is -1.00. The fraction of sp³-hybridized carbons (Fsp3) is 0.400. The lowest BCUT2D eigenvalue weighted by atomic mass is 10.1. The van der Waals surface area contributed by atoms with Crippen molar-refractivity contribution < 1.29 is 18.6 Å². The third kappa shape index (κ3) is 2.75. The summed E-state index contributed by atoms with van der Waals surface area (Å²) >= 11 is 0. The second-order valence-corrected chi connectivity index (χ2v) is 2.95. The zero-order valence-corrected chi connectivity index (χ0v) is 7.78. The van der Waals surface area contributed by atoms with E-state index in [4.69, 9.17) is 9.84 Å². The number of aliphatic hydroxyl groups excluding tert-OH is 1. The molecule has 0 amide bonds. The van der Waals surface area contributed by atoms with E-state index in [9.17, 15) is 8.78 Å². The minimum atomic E-state index is -2.75. The number of methoxy groups -OCH3 is 1. The molecule has 78 valence electrons. The molecule has 14 heavy (non-hydrogen) atoms. The van der Waals surface area contributed by atoms with E-state index in [-0.39, 0.29) is 5.56 Å². The molecule has 1 aromatic carbocycles. The maximum Gasteiger partial charge on any atom is 0.268 e. The van der Waals surface area contributed by atoms with Crippen LogP contribution in [0.4, 0.5) is 8.78 Å². The van der Waals surface area contributed by atoms with E-state index in [2.05, 4.69) is 0 Å². The third-order valence-electron chi connectivity index (χ3n) is 1.87. The first-order valence-corrected chi connectivity index (χ1v) is 4.19. The van der Waals surface area contributed by atoms with E-state index in [0.29, 0.717) is 6.61 Å². The number of halogens is 2. The fourth-order valence-electron chi connectivity index (χ4n) is 1.12. The SMILES string of the molecule is COCc1ccc(C(O)C(F)F)cc1. The maximum atomic E-state index is 12.1. The van der Waals surface area contributed by atoms with Gasteiger partial charge in [-0.05, 0) is 11.1 Å². The van der Waals surface area contributed by atoms with Gasteiger partial charge in [0.25, 0.3) is 6.43 Å². The normalized spacial score (nSPS) is 13.2. The highest BCUT2D eigenvalue weighted by atomic mass is 19.3. The molecule has 1 unspecified atom stereocenters. The van der Waals surface area contributed by atoms with Crippen LogP contribution in [0.1, 0.15) is 17.2 Å². The minimum absolute atomic E-state index is 0.222. The van der Waals surface area contributed by atoms with Crippen molar-refractivity contribution in [2.75, 3.05) is 7.11 Å². The molecule has 1 rings (SSSR count). The van der Waals surface area contributed by atoms with Crippen molar-refractivity contribution in [3.63, 3.8) is 0 Å². The Kier molecular flexibility index (Phi) is 3.98. The molecule has 0 saturated heterocycles. The number of rotatable bonds is 4. The molecular formula is C10H12F2O2. The van der Waals surface area contributed by atoms with Crippen LogP contribution in [0, 0.1) is 0 Å². The van der Waals surface area contributed by atoms with Crippen molar-refractivity contribution in [2.24, 2.45) is 0 Å². The number of hydrogen-bond donors (Lipinski definition) is 1. The van der Waals surface area contributed by atoms with Gasteiger partial charge in [0.1, 0.15) is 6.10 Å². The van der Waals surface area contributed by atoms with Crippen LogP contribution in [-0.2, 0) is 11.3 Å². The van der Waals surface area contributed by atoms with Crippen molar-refractivity contribution >= 4 is 0 Å². The summed E-state index contributed by atoms with van der Waals surface area (Å²) in [6.45, 7) is 0.436. The largest absolute Gasteiger partial charge is 0.382 e. The van der Waals surface area contributed by atoms with E-state index in [0.717, 1.165) is 5.56 Å². The van der Waals surface area contributed by atoms with Gasteiger partial charge in [0.15, 0.2) is 0 Å². The van der Waals surface area contributed by atoms with Gasteiger partial charge in [0, 0.05) is 7.11 Å². The molecular weight excluding hydrogens is 190 g/mol. The van der Waals surface area contributed by atoms with Crippen molar-refractivity contribution in [3.8, 4) is 0 Å². The van der Waals surface area contributed by atoms with E-state index in [1.165, 1.54) is 12.1 Å². The van der Waals surface area contributed by atoms with Crippen molar-refractivity contribution in [2.45, 2.75) is 19.1 Å². The summed E-state index contributed by atoms with van der Waals surface area (Å²) in [6, 6.07) is 6.27. The van der Waals surface area contributed by atoms with Gasteiger partial charge in [0.05, 0.1) is 6.61 Å². The lowest BCUT2D eigenvalue weighted by Crippen LogP contribution is -2.07. The lowest BCUT2D eigenvalue weighted by molar-refractivity contribution is -0.00580. The highest BCUT2D eigenvalue weighted by Gasteiger charge is 2.18. The molecule has 1 atom stereocenters. The predicted molar refractivity (Wildman–Crippen MR) is 48.1 cm³/mol. The molecule has 0 aromatic heterocycles. The highest BCUT2D eigenvalue weighted by Crippen LogP contribution is 2.20. The molecule has 0 saturated carbocycles. The van der Waals surface area contributed by atoms with Crippen LogP contribution >= 0.6 is 0 Å². The van der Waals surface area contributed by atoms with Crippen LogP contribution in [0.2, 0.25) is 0 Å². The summed E-state index contributed by atoms with van der Waals surface area (Å²) < 4.78 is 29.0. The Bertz CT molecular complexity index is 272. The van der Waals surface area contributed by atoms with Gasteiger partial charge >= 0.3 is 0 Å². The highest BCUT2D eigenvalue weighted by molar-refractivity contribution is 5.24. The second-order valence-electron chi connectivity index (χ2n) is 2.95. The molecule has 0 heterocycles. The molecule has 2 nitrogen and oxygen atoms in total. The van der Waals surface area contributed by atoms with Crippen molar-refractivity contribution in [1.82, 2.24) is 0 Å². The Morgan fingerprint density at radius 3 is 2.29 bits per heavy atom. The molecule has 4 heteroatoms. The predicted octanol–water partition coefficient (Wildman–Crippen LogP) is 2.13. The quantitative estimate of drug-likeness (QED) is 0.810. The van der Waals surface area contributed by atoms with Gasteiger partial charge in [-0.1, -0.05) is 24.3 Å². The monoisotopic (exact) mass is 202 g/mol. The molecule has 0 radical (unpaired) electrons.